The molecule has 1 saturated carbocycles. The fraction of sp³-hybridized carbons (Fsp3) is 0.400. The SMILES string of the molecule is Cc1csc(CC(N)c2cccc(OC3CC3)c2)n1. The Kier molecular flexibility index (Phi) is 3.53. The number of rotatable bonds is 5. The van der Waals surface area contributed by atoms with E-state index in [1.165, 1.54) is 12.8 Å². The minimum Gasteiger partial charge on any atom is -0.490 e. The summed E-state index contributed by atoms with van der Waals surface area (Å²) in [6.07, 6.45) is 3.56. The number of aromatic nitrogens is 1. The van der Waals surface area contributed by atoms with Crippen molar-refractivity contribution in [1.29, 1.82) is 0 Å². The molecular weight excluding hydrogens is 256 g/mol. The lowest BCUT2D eigenvalue weighted by molar-refractivity contribution is 0.302. The molecule has 2 N–H and O–H groups in total. The molecule has 0 saturated heterocycles. The summed E-state index contributed by atoms with van der Waals surface area (Å²) in [7, 11) is 0. The maximum Gasteiger partial charge on any atom is 0.120 e. The van der Waals surface area contributed by atoms with Gasteiger partial charge in [0.25, 0.3) is 0 Å². The summed E-state index contributed by atoms with van der Waals surface area (Å²) in [5.74, 6) is 0.936. The van der Waals surface area contributed by atoms with Crippen molar-refractivity contribution >= 4 is 11.3 Å². The zero-order valence-corrected chi connectivity index (χ0v) is 11.8. The minimum atomic E-state index is -0.0201. The summed E-state index contributed by atoms with van der Waals surface area (Å²) in [6, 6.07) is 8.12. The van der Waals surface area contributed by atoms with Crippen LogP contribution in [0.15, 0.2) is 29.6 Å². The van der Waals surface area contributed by atoms with E-state index in [0.29, 0.717) is 6.10 Å². The van der Waals surface area contributed by atoms with Crippen LogP contribution in [0.5, 0.6) is 5.75 Å². The lowest BCUT2D eigenvalue weighted by atomic mass is 10.0. The van der Waals surface area contributed by atoms with Crippen molar-refractivity contribution < 1.29 is 4.74 Å². The van der Waals surface area contributed by atoms with Gasteiger partial charge in [0.15, 0.2) is 0 Å². The molecule has 1 atom stereocenters. The van der Waals surface area contributed by atoms with E-state index in [9.17, 15) is 0 Å². The normalized spacial score (nSPS) is 16.3. The van der Waals surface area contributed by atoms with Crippen molar-refractivity contribution in [2.45, 2.75) is 38.3 Å². The maximum absolute atomic E-state index is 6.26. The largest absolute Gasteiger partial charge is 0.490 e. The third kappa shape index (κ3) is 3.33. The topological polar surface area (TPSA) is 48.1 Å². The van der Waals surface area contributed by atoms with E-state index < -0.39 is 0 Å². The van der Waals surface area contributed by atoms with Crippen LogP contribution >= 0.6 is 11.3 Å². The van der Waals surface area contributed by atoms with E-state index in [4.69, 9.17) is 10.5 Å². The van der Waals surface area contributed by atoms with Gasteiger partial charge in [-0.05, 0) is 37.5 Å². The predicted molar refractivity (Wildman–Crippen MR) is 77.6 cm³/mol. The summed E-state index contributed by atoms with van der Waals surface area (Å²) in [4.78, 5) is 4.46. The Bertz CT molecular complexity index is 563. The zero-order valence-electron chi connectivity index (χ0n) is 11.0. The third-order valence-electron chi connectivity index (χ3n) is 3.17. The van der Waals surface area contributed by atoms with Crippen molar-refractivity contribution in [2.75, 3.05) is 0 Å². The monoisotopic (exact) mass is 274 g/mol. The first-order valence-corrected chi connectivity index (χ1v) is 7.52. The summed E-state index contributed by atoms with van der Waals surface area (Å²) in [6.45, 7) is 2.01. The highest BCUT2D eigenvalue weighted by atomic mass is 32.1. The van der Waals surface area contributed by atoms with Crippen molar-refractivity contribution in [3.8, 4) is 5.75 Å². The van der Waals surface area contributed by atoms with Crippen LogP contribution in [-0.2, 0) is 6.42 Å². The summed E-state index contributed by atoms with van der Waals surface area (Å²) < 4.78 is 5.80. The molecule has 3 nitrogen and oxygen atoms in total. The lowest BCUT2D eigenvalue weighted by Gasteiger charge is -2.12. The van der Waals surface area contributed by atoms with Crippen molar-refractivity contribution in [1.82, 2.24) is 4.98 Å². The Morgan fingerprint density at radius 2 is 2.32 bits per heavy atom. The number of hydrogen-bond donors (Lipinski definition) is 1. The first-order chi connectivity index (χ1) is 9.20. The van der Waals surface area contributed by atoms with Gasteiger partial charge in [-0.1, -0.05) is 12.1 Å². The van der Waals surface area contributed by atoms with Crippen LogP contribution in [0.4, 0.5) is 0 Å². The number of aryl methyl sites for hydroxylation is 1. The van der Waals surface area contributed by atoms with Gasteiger partial charge in [-0.3, -0.25) is 0 Å². The van der Waals surface area contributed by atoms with Crippen molar-refractivity contribution in [2.24, 2.45) is 5.73 Å². The molecule has 1 heterocycles. The second kappa shape index (κ2) is 5.31. The summed E-state index contributed by atoms with van der Waals surface area (Å²) in [5.41, 5.74) is 8.45. The highest BCUT2D eigenvalue weighted by Crippen LogP contribution is 2.28. The molecule has 100 valence electrons. The average molecular weight is 274 g/mol. The van der Waals surface area contributed by atoms with Gasteiger partial charge in [0.2, 0.25) is 0 Å². The van der Waals surface area contributed by atoms with Gasteiger partial charge >= 0.3 is 0 Å². The average Bonchev–Trinajstić information content (AvgIpc) is 3.11. The Hall–Kier alpha value is -1.39. The Balaban J connectivity index is 1.69. The maximum atomic E-state index is 6.26. The highest BCUT2D eigenvalue weighted by molar-refractivity contribution is 7.09. The van der Waals surface area contributed by atoms with E-state index >= 15 is 0 Å². The molecule has 0 spiro atoms. The lowest BCUT2D eigenvalue weighted by Crippen LogP contribution is -2.13. The number of benzene rings is 1. The molecule has 0 amide bonds. The Labute approximate surface area is 117 Å². The smallest absolute Gasteiger partial charge is 0.120 e. The molecule has 3 rings (SSSR count). The number of ether oxygens (including phenoxy) is 1. The predicted octanol–water partition coefficient (Wildman–Crippen LogP) is 3.24. The summed E-state index contributed by atoms with van der Waals surface area (Å²) in [5, 5.41) is 3.16. The zero-order chi connectivity index (χ0) is 13.2. The molecule has 19 heavy (non-hydrogen) atoms. The van der Waals surface area contributed by atoms with Crippen molar-refractivity contribution in [3.63, 3.8) is 0 Å². The van der Waals surface area contributed by atoms with Gasteiger partial charge in [-0.15, -0.1) is 11.3 Å². The molecule has 1 aliphatic rings. The summed E-state index contributed by atoms with van der Waals surface area (Å²) >= 11 is 1.68. The van der Waals surface area contributed by atoms with Crippen LogP contribution in [0.25, 0.3) is 0 Å². The fourth-order valence-electron chi connectivity index (χ4n) is 2.00. The van der Waals surface area contributed by atoms with E-state index in [-0.39, 0.29) is 6.04 Å². The number of hydrogen-bond acceptors (Lipinski definition) is 4. The molecule has 1 unspecified atom stereocenters. The van der Waals surface area contributed by atoms with Gasteiger partial charge in [0.1, 0.15) is 5.75 Å². The molecule has 0 radical (unpaired) electrons. The number of nitrogens with two attached hydrogens (primary N) is 1. The molecule has 1 fully saturated rings. The van der Waals surface area contributed by atoms with E-state index in [0.717, 1.165) is 28.4 Å². The standard InChI is InChI=1S/C15H18N2OS/c1-10-9-19-15(17-10)8-14(16)11-3-2-4-13(7-11)18-12-5-6-12/h2-4,7,9,12,14H,5-6,8,16H2,1H3. The highest BCUT2D eigenvalue weighted by Gasteiger charge is 2.23. The molecular formula is C15H18N2OS. The van der Waals surface area contributed by atoms with Gasteiger partial charge in [0.05, 0.1) is 11.1 Å². The minimum absolute atomic E-state index is 0.0201. The van der Waals surface area contributed by atoms with Gasteiger partial charge in [0, 0.05) is 23.5 Å². The van der Waals surface area contributed by atoms with Gasteiger partial charge < -0.3 is 10.5 Å². The quantitative estimate of drug-likeness (QED) is 0.910. The van der Waals surface area contributed by atoms with Gasteiger partial charge in [-0.2, -0.15) is 0 Å². The molecule has 0 bridgehead atoms. The van der Waals surface area contributed by atoms with Crippen molar-refractivity contribution in [3.05, 3.63) is 45.9 Å². The first-order valence-electron chi connectivity index (χ1n) is 6.64. The Morgan fingerprint density at radius 3 is 3.00 bits per heavy atom. The van der Waals surface area contributed by atoms with Crippen LogP contribution in [-0.4, -0.2) is 11.1 Å². The Morgan fingerprint density at radius 1 is 1.47 bits per heavy atom. The van der Waals surface area contributed by atoms with Crippen LogP contribution in [0.2, 0.25) is 0 Å². The van der Waals surface area contributed by atoms with Crippen LogP contribution in [0.3, 0.4) is 0 Å². The van der Waals surface area contributed by atoms with Crippen LogP contribution in [0.1, 0.15) is 35.1 Å². The molecule has 4 heteroatoms. The molecule has 1 aromatic heterocycles. The second-order valence-electron chi connectivity index (χ2n) is 5.08. The van der Waals surface area contributed by atoms with Crippen LogP contribution < -0.4 is 10.5 Å². The van der Waals surface area contributed by atoms with Gasteiger partial charge in [-0.25, -0.2) is 4.98 Å². The number of thiazole rings is 1. The second-order valence-corrected chi connectivity index (χ2v) is 6.03. The van der Waals surface area contributed by atoms with E-state index in [1.807, 2.05) is 19.1 Å². The van der Waals surface area contributed by atoms with Crippen LogP contribution in [0, 0.1) is 6.92 Å². The first kappa shape index (κ1) is 12.6. The molecule has 2 aromatic rings. The molecule has 1 aliphatic carbocycles. The third-order valence-corrected chi connectivity index (χ3v) is 4.16. The molecule has 1 aromatic carbocycles. The fourth-order valence-corrected chi connectivity index (χ4v) is 2.83. The van der Waals surface area contributed by atoms with E-state index in [1.54, 1.807) is 11.3 Å². The number of nitrogens with zero attached hydrogens (tertiary/aromatic N) is 1. The molecule has 0 aliphatic heterocycles. The van der Waals surface area contributed by atoms with E-state index in [2.05, 4.69) is 22.5 Å².